The van der Waals surface area contributed by atoms with E-state index in [9.17, 15) is 54.0 Å². The fourth-order valence-electron chi connectivity index (χ4n) is 7.28. The van der Waals surface area contributed by atoms with Gasteiger partial charge >= 0.3 is 12.0 Å². The number of nitrogens with zero attached hydrogens (tertiary/aromatic N) is 3. The van der Waals surface area contributed by atoms with Crippen LogP contribution in [0.5, 0.6) is 11.5 Å². The van der Waals surface area contributed by atoms with E-state index in [4.69, 9.17) is 14.2 Å². The van der Waals surface area contributed by atoms with Crippen molar-refractivity contribution in [1.29, 1.82) is 0 Å². The predicted molar refractivity (Wildman–Crippen MR) is 229 cm³/mol. The lowest BCUT2D eigenvalue weighted by atomic mass is 9.91. The van der Waals surface area contributed by atoms with Crippen LogP contribution in [0, 0.1) is 5.92 Å². The second kappa shape index (κ2) is 22.6. The molecule has 3 aromatic rings. The molecule has 20 heteroatoms. The van der Waals surface area contributed by atoms with E-state index in [0.29, 0.717) is 47.3 Å². The van der Waals surface area contributed by atoms with Gasteiger partial charge in [0.2, 0.25) is 18.1 Å². The van der Waals surface area contributed by atoms with Gasteiger partial charge in [0.25, 0.3) is 17.7 Å². The van der Waals surface area contributed by atoms with E-state index in [-0.39, 0.29) is 42.8 Å². The molecular weight excluding hydrogens is 849 g/mol. The smallest absolute Gasteiger partial charge is 0.335 e. The Bertz CT molecular complexity index is 2260. The first kappa shape index (κ1) is 47.5. The van der Waals surface area contributed by atoms with Crippen LogP contribution < -0.4 is 25.4 Å². The molecule has 0 unspecified atom stereocenters. The number of likely N-dealkylation sites (tertiary alicyclic amines) is 1. The van der Waals surface area contributed by atoms with Crippen LogP contribution in [-0.2, 0) is 35.3 Å². The zero-order chi connectivity index (χ0) is 46.5. The van der Waals surface area contributed by atoms with Crippen LogP contribution in [0.25, 0.3) is 6.08 Å². The Balaban J connectivity index is 1.01. The molecule has 3 aliphatic heterocycles. The summed E-state index contributed by atoms with van der Waals surface area (Å²) in [4.78, 5) is 92.6. The predicted octanol–water partition coefficient (Wildman–Crippen LogP) is 1.75. The Morgan fingerprint density at radius 3 is 2.37 bits per heavy atom. The molecule has 3 aliphatic rings. The Labute approximate surface area is 372 Å². The number of unbranched alkanes of at least 4 members (excludes halogenated alkanes) is 1. The summed E-state index contributed by atoms with van der Waals surface area (Å²) in [5, 5.41) is 48.3. The molecule has 0 spiro atoms. The second-order valence-electron chi connectivity index (χ2n) is 15.5. The summed E-state index contributed by atoms with van der Waals surface area (Å²) < 4.78 is 17.0. The van der Waals surface area contributed by atoms with E-state index in [1.54, 1.807) is 48.8 Å². The van der Waals surface area contributed by atoms with Crippen molar-refractivity contribution in [3.8, 4) is 11.5 Å². The SMILES string of the molecule is O=C(/C=C/c1cccnc1)NCCCCC1CCN(C(=O)c2cccc(OCc3ccc(O[C@@H]4O[C@H](C(=O)O)[C@@H](O)[C@H](O)[C@H]4O)c(NC(=O)CCNC(=O)N4C(=O)C=CC4=O)c3)c2)CC1. The average Bonchev–Trinajstić information content (AvgIpc) is 3.65. The zero-order valence-corrected chi connectivity index (χ0v) is 35.1. The number of anilines is 1. The molecule has 7 N–H and O–H groups in total. The maximum Gasteiger partial charge on any atom is 0.335 e. The van der Waals surface area contributed by atoms with Crippen LogP contribution >= 0.6 is 0 Å². The number of aliphatic hydroxyl groups excluding tert-OH is 3. The van der Waals surface area contributed by atoms with Crippen LogP contribution in [0.2, 0.25) is 0 Å². The zero-order valence-electron chi connectivity index (χ0n) is 35.1. The number of rotatable bonds is 18. The minimum absolute atomic E-state index is 0.0241. The molecule has 7 amide bonds. The number of hydrogen-bond acceptors (Lipinski definition) is 14. The maximum atomic E-state index is 13.5. The van der Waals surface area contributed by atoms with Crippen molar-refractivity contribution >= 4 is 53.3 Å². The van der Waals surface area contributed by atoms with Gasteiger partial charge in [-0.15, -0.1) is 0 Å². The number of aromatic nitrogens is 1. The number of aliphatic hydroxyl groups is 3. The molecule has 2 saturated heterocycles. The lowest BCUT2D eigenvalue weighted by Crippen LogP contribution is -2.61. The lowest BCUT2D eigenvalue weighted by Gasteiger charge is -2.38. The molecule has 20 nitrogen and oxygen atoms in total. The quantitative estimate of drug-likeness (QED) is 0.0544. The Morgan fingerprint density at radius 2 is 1.65 bits per heavy atom. The van der Waals surface area contributed by atoms with Crippen LogP contribution in [0.1, 0.15) is 60.0 Å². The number of hydrogen-bond donors (Lipinski definition) is 7. The molecule has 1 aromatic heterocycles. The highest BCUT2D eigenvalue weighted by atomic mass is 16.7. The van der Waals surface area contributed by atoms with E-state index in [2.05, 4.69) is 20.9 Å². The number of urea groups is 1. The van der Waals surface area contributed by atoms with Gasteiger partial charge in [-0.25, -0.2) is 9.59 Å². The van der Waals surface area contributed by atoms with Crippen molar-refractivity contribution in [3.05, 3.63) is 102 Å². The van der Waals surface area contributed by atoms with Gasteiger partial charge in [-0.2, -0.15) is 4.90 Å². The van der Waals surface area contributed by atoms with Crippen LogP contribution in [0.3, 0.4) is 0 Å². The normalized spacial score (nSPS) is 21.0. The Kier molecular flexibility index (Phi) is 16.5. The topological polar surface area (TPSA) is 284 Å². The third-order valence-electron chi connectivity index (χ3n) is 10.9. The molecule has 0 saturated carbocycles. The molecule has 2 fully saturated rings. The first-order valence-corrected chi connectivity index (χ1v) is 21.0. The number of ether oxygens (including phenoxy) is 3. The van der Waals surface area contributed by atoms with Gasteiger partial charge in [0.1, 0.15) is 36.4 Å². The van der Waals surface area contributed by atoms with Crippen LogP contribution in [0.4, 0.5) is 10.5 Å². The van der Waals surface area contributed by atoms with Crippen molar-refractivity contribution in [2.75, 3.05) is 31.5 Å². The summed E-state index contributed by atoms with van der Waals surface area (Å²) in [6.45, 7) is 1.42. The molecule has 2 aromatic carbocycles. The Morgan fingerprint density at radius 1 is 0.877 bits per heavy atom. The summed E-state index contributed by atoms with van der Waals surface area (Å²) in [6.07, 6.45) is 3.02. The van der Waals surface area contributed by atoms with E-state index in [0.717, 1.165) is 49.8 Å². The molecule has 0 bridgehead atoms. The van der Waals surface area contributed by atoms with Gasteiger partial charge in [0, 0.05) is 68.8 Å². The third kappa shape index (κ3) is 13.0. The van der Waals surface area contributed by atoms with E-state index >= 15 is 0 Å². The van der Waals surface area contributed by atoms with Gasteiger partial charge in [-0.3, -0.25) is 29.0 Å². The van der Waals surface area contributed by atoms with E-state index < -0.39 is 60.4 Å². The van der Waals surface area contributed by atoms with Crippen molar-refractivity contribution < 1.29 is 68.2 Å². The highest BCUT2D eigenvalue weighted by Gasteiger charge is 2.48. The lowest BCUT2D eigenvalue weighted by molar-refractivity contribution is -0.271. The summed E-state index contributed by atoms with van der Waals surface area (Å²) in [5.74, 6) is -3.57. The molecule has 0 radical (unpaired) electrons. The van der Waals surface area contributed by atoms with Gasteiger partial charge < -0.3 is 55.5 Å². The molecule has 0 aliphatic carbocycles. The largest absolute Gasteiger partial charge is 0.489 e. The first-order valence-electron chi connectivity index (χ1n) is 21.0. The van der Waals surface area contributed by atoms with Crippen molar-refractivity contribution in [2.45, 2.75) is 75.8 Å². The number of carboxylic acid groups (broad SMARTS) is 1. The molecule has 65 heavy (non-hydrogen) atoms. The Hall–Kier alpha value is -7.00. The number of aliphatic carboxylic acids is 1. The number of carbonyl (C=O) groups excluding carboxylic acids is 6. The van der Waals surface area contributed by atoms with Crippen LogP contribution in [0.15, 0.2) is 85.2 Å². The van der Waals surface area contributed by atoms with E-state index in [1.165, 1.54) is 24.3 Å². The van der Waals surface area contributed by atoms with Crippen LogP contribution in [-0.4, -0.2) is 134 Å². The van der Waals surface area contributed by atoms with E-state index in [1.807, 2.05) is 11.0 Å². The highest BCUT2D eigenvalue weighted by molar-refractivity contribution is 6.22. The summed E-state index contributed by atoms with van der Waals surface area (Å²) >= 11 is 0. The number of carboxylic acids is 1. The summed E-state index contributed by atoms with van der Waals surface area (Å²) in [6, 6.07) is 13.7. The molecule has 344 valence electrons. The van der Waals surface area contributed by atoms with Gasteiger partial charge in [-0.1, -0.05) is 31.0 Å². The number of pyridine rings is 1. The number of carbonyl (C=O) groups is 7. The van der Waals surface area contributed by atoms with Gasteiger partial charge in [0.05, 0.1) is 5.69 Å². The highest BCUT2D eigenvalue weighted by Crippen LogP contribution is 2.32. The van der Waals surface area contributed by atoms with Gasteiger partial charge in [0.15, 0.2) is 6.10 Å². The minimum atomic E-state index is -1.97. The van der Waals surface area contributed by atoms with Crippen molar-refractivity contribution in [1.82, 2.24) is 25.4 Å². The third-order valence-corrected chi connectivity index (χ3v) is 10.9. The molecule has 6 rings (SSSR count). The standard InChI is InChI=1S/C45H50N6O14/c52-34(12-10-28-6-4-18-46-25-28)47-19-2-1-5-27-16-21-50(22-17-27)42(59)30-7-3-8-31(24-30)63-26-29-9-11-33(64-44-40(58)38(56)39(57)41(65-44)43(60)61)32(23-29)49-35(53)15-20-48-45(62)51-36(54)13-14-37(51)55/h3-4,6-14,18,23-25,27,38-41,44,56-58H,1-2,5,15-17,19-22,26H2,(H,47,52)(H,48,62)(H,49,53)(H,60,61)/b12-10+/t38-,39-,40+,41-,44+/m0/s1. The minimum Gasteiger partial charge on any atom is -0.489 e. The van der Waals surface area contributed by atoms with Crippen molar-refractivity contribution in [2.24, 2.45) is 5.92 Å². The number of nitrogens with one attached hydrogen (secondary N) is 3. The number of piperidine rings is 1. The second-order valence-corrected chi connectivity index (χ2v) is 15.5. The number of benzene rings is 2. The van der Waals surface area contributed by atoms with Gasteiger partial charge in [-0.05, 0) is 78.8 Å². The monoisotopic (exact) mass is 898 g/mol. The fourth-order valence-corrected chi connectivity index (χ4v) is 7.28. The molecular formula is C45H50N6O14. The van der Waals surface area contributed by atoms with Crippen molar-refractivity contribution in [3.63, 3.8) is 0 Å². The summed E-state index contributed by atoms with van der Waals surface area (Å²) in [5.41, 5.74) is 1.74. The first-order chi connectivity index (χ1) is 31.3. The summed E-state index contributed by atoms with van der Waals surface area (Å²) in [7, 11) is 0. The molecule has 5 atom stereocenters. The molecule has 4 heterocycles. The number of imide groups is 3. The maximum absolute atomic E-state index is 13.5. The average molecular weight is 899 g/mol. The number of amides is 7. The fraction of sp³-hybridized carbons (Fsp3) is 0.378.